The van der Waals surface area contributed by atoms with Gasteiger partial charge in [0.2, 0.25) is 0 Å². The fourth-order valence-electron chi connectivity index (χ4n) is 3.32. The topological polar surface area (TPSA) is 49.3 Å². The van der Waals surface area contributed by atoms with Crippen molar-refractivity contribution >= 4 is 11.7 Å². The molecule has 0 radical (unpaired) electrons. The summed E-state index contributed by atoms with van der Waals surface area (Å²) in [7, 11) is 0. The first-order valence-corrected chi connectivity index (χ1v) is 9.21. The van der Waals surface area contributed by atoms with Gasteiger partial charge in [0.25, 0.3) is 5.91 Å². The van der Waals surface area contributed by atoms with Crippen LogP contribution in [0.4, 0.5) is 5.82 Å². The maximum Gasteiger partial charge on any atom is 0.253 e. The van der Waals surface area contributed by atoms with E-state index in [1.165, 1.54) is 0 Å². The van der Waals surface area contributed by atoms with Gasteiger partial charge in [0.1, 0.15) is 0 Å². The minimum atomic E-state index is 0.0873. The van der Waals surface area contributed by atoms with Crippen LogP contribution in [0.1, 0.15) is 16.1 Å². The average Bonchev–Trinajstić information content (AvgIpc) is 2.75. The zero-order valence-corrected chi connectivity index (χ0v) is 15.4. The molecule has 1 aliphatic heterocycles. The first-order chi connectivity index (χ1) is 13.2. The molecule has 27 heavy (non-hydrogen) atoms. The van der Waals surface area contributed by atoms with Crippen LogP contribution in [0, 0.1) is 6.92 Å². The minimum absolute atomic E-state index is 0.0873. The number of rotatable bonds is 3. The van der Waals surface area contributed by atoms with Crippen LogP contribution in [-0.4, -0.2) is 47.2 Å². The Morgan fingerprint density at radius 1 is 0.778 bits per heavy atom. The number of amides is 1. The van der Waals surface area contributed by atoms with Crippen molar-refractivity contribution in [2.24, 2.45) is 0 Å². The Kier molecular flexibility index (Phi) is 4.83. The van der Waals surface area contributed by atoms with E-state index in [-0.39, 0.29) is 5.91 Å². The molecule has 0 aliphatic carbocycles. The number of carbonyl (C=O) groups excluding carboxylic acids is 1. The van der Waals surface area contributed by atoms with E-state index in [9.17, 15) is 4.79 Å². The van der Waals surface area contributed by atoms with Gasteiger partial charge in [-0.05, 0) is 42.3 Å². The molecule has 1 aromatic heterocycles. The fraction of sp³-hybridized carbons (Fsp3) is 0.227. The molecule has 3 aromatic rings. The molecule has 2 aromatic carbocycles. The van der Waals surface area contributed by atoms with Gasteiger partial charge in [0.05, 0.1) is 5.69 Å². The van der Waals surface area contributed by atoms with E-state index in [4.69, 9.17) is 0 Å². The quantitative estimate of drug-likeness (QED) is 0.720. The summed E-state index contributed by atoms with van der Waals surface area (Å²) in [6.07, 6.45) is 0. The van der Waals surface area contributed by atoms with Crippen LogP contribution in [0.2, 0.25) is 0 Å². The average molecular weight is 358 g/mol. The standard InChI is InChI=1S/C22H22N4O/c1-17-7-12-21(24-23-17)25-13-15-26(16-14-25)22(27)20-10-8-19(9-11-20)18-5-3-2-4-6-18/h2-12H,13-16H2,1H3. The lowest BCUT2D eigenvalue weighted by Gasteiger charge is -2.35. The van der Waals surface area contributed by atoms with E-state index in [1.807, 2.05) is 66.4 Å². The van der Waals surface area contributed by atoms with Gasteiger partial charge in [-0.25, -0.2) is 0 Å². The molecular weight excluding hydrogens is 336 g/mol. The highest BCUT2D eigenvalue weighted by molar-refractivity contribution is 5.94. The number of benzene rings is 2. The normalized spacial score (nSPS) is 14.3. The Hall–Kier alpha value is -3.21. The van der Waals surface area contributed by atoms with E-state index in [0.717, 1.165) is 41.3 Å². The molecule has 1 amide bonds. The lowest BCUT2D eigenvalue weighted by molar-refractivity contribution is 0.0746. The number of aromatic nitrogens is 2. The summed E-state index contributed by atoms with van der Waals surface area (Å²) in [5, 5.41) is 8.36. The number of piperazine rings is 1. The lowest BCUT2D eigenvalue weighted by Crippen LogP contribution is -2.49. The SMILES string of the molecule is Cc1ccc(N2CCN(C(=O)c3ccc(-c4ccccc4)cc3)CC2)nn1. The zero-order chi connectivity index (χ0) is 18.6. The van der Waals surface area contributed by atoms with Crippen molar-refractivity contribution in [3.63, 3.8) is 0 Å². The fourth-order valence-corrected chi connectivity index (χ4v) is 3.32. The predicted molar refractivity (Wildman–Crippen MR) is 107 cm³/mol. The van der Waals surface area contributed by atoms with E-state index in [2.05, 4.69) is 27.2 Å². The van der Waals surface area contributed by atoms with Gasteiger partial charge < -0.3 is 9.80 Å². The highest BCUT2D eigenvalue weighted by Gasteiger charge is 2.23. The van der Waals surface area contributed by atoms with E-state index in [1.54, 1.807) is 0 Å². The van der Waals surface area contributed by atoms with Crippen molar-refractivity contribution < 1.29 is 4.79 Å². The number of aryl methyl sites for hydroxylation is 1. The van der Waals surface area contributed by atoms with Crippen molar-refractivity contribution in [3.8, 4) is 11.1 Å². The summed E-state index contributed by atoms with van der Waals surface area (Å²) < 4.78 is 0. The van der Waals surface area contributed by atoms with Crippen LogP contribution in [0.25, 0.3) is 11.1 Å². The second kappa shape index (κ2) is 7.58. The Morgan fingerprint density at radius 3 is 2.07 bits per heavy atom. The molecule has 1 aliphatic rings. The lowest BCUT2D eigenvalue weighted by atomic mass is 10.0. The molecule has 0 spiro atoms. The third kappa shape index (κ3) is 3.82. The van der Waals surface area contributed by atoms with Crippen LogP contribution in [-0.2, 0) is 0 Å². The van der Waals surface area contributed by atoms with Crippen molar-refractivity contribution in [3.05, 3.63) is 78.0 Å². The highest BCUT2D eigenvalue weighted by atomic mass is 16.2. The molecule has 0 unspecified atom stereocenters. The Bertz CT molecular complexity index is 899. The molecule has 5 heteroatoms. The van der Waals surface area contributed by atoms with Crippen LogP contribution < -0.4 is 4.90 Å². The van der Waals surface area contributed by atoms with Crippen LogP contribution in [0.15, 0.2) is 66.7 Å². The maximum atomic E-state index is 12.8. The third-order valence-electron chi connectivity index (χ3n) is 4.91. The molecule has 5 nitrogen and oxygen atoms in total. The second-order valence-corrected chi connectivity index (χ2v) is 6.76. The van der Waals surface area contributed by atoms with E-state index in [0.29, 0.717) is 13.1 Å². The maximum absolute atomic E-state index is 12.8. The van der Waals surface area contributed by atoms with Crippen molar-refractivity contribution in [1.29, 1.82) is 0 Å². The van der Waals surface area contributed by atoms with Gasteiger partial charge in [-0.2, -0.15) is 5.10 Å². The number of carbonyl (C=O) groups is 1. The zero-order valence-electron chi connectivity index (χ0n) is 15.4. The summed E-state index contributed by atoms with van der Waals surface area (Å²) in [4.78, 5) is 16.9. The molecule has 1 fully saturated rings. The summed E-state index contributed by atoms with van der Waals surface area (Å²) >= 11 is 0. The Labute approximate surface area is 159 Å². The Morgan fingerprint density at radius 2 is 1.44 bits per heavy atom. The van der Waals surface area contributed by atoms with Gasteiger partial charge in [-0.3, -0.25) is 4.79 Å². The van der Waals surface area contributed by atoms with Crippen molar-refractivity contribution in [2.45, 2.75) is 6.92 Å². The van der Waals surface area contributed by atoms with Gasteiger partial charge in [0, 0.05) is 31.7 Å². The van der Waals surface area contributed by atoms with Crippen LogP contribution in [0.3, 0.4) is 0 Å². The molecule has 2 heterocycles. The monoisotopic (exact) mass is 358 g/mol. The Balaban J connectivity index is 1.40. The van der Waals surface area contributed by atoms with Gasteiger partial charge in [-0.15, -0.1) is 5.10 Å². The number of hydrogen-bond acceptors (Lipinski definition) is 4. The van der Waals surface area contributed by atoms with E-state index < -0.39 is 0 Å². The smallest absolute Gasteiger partial charge is 0.253 e. The summed E-state index contributed by atoms with van der Waals surface area (Å²) in [6, 6.07) is 22.0. The molecule has 1 saturated heterocycles. The highest BCUT2D eigenvalue weighted by Crippen LogP contribution is 2.20. The molecule has 0 saturated carbocycles. The van der Waals surface area contributed by atoms with E-state index >= 15 is 0 Å². The van der Waals surface area contributed by atoms with Crippen LogP contribution >= 0.6 is 0 Å². The second-order valence-electron chi connectivity index (χ2n) is 6.76. The number of nitrogens with zero attached hydrogens (tertiary/aromatic N) is 4. The predicted octanol–water partition coefficient (Wildman–Crippen LogP) is 3.41. The number of anilines is 1. The number of hydrogen-bond donors (Lipinski definition) is 0. The summed E-state index contributed by atoms with van der Waals surface area (Å²) in [5.41, 5.74) is 3.92. The first kappa shape index (κ1) is 17.2. The van der Waals surface area contributed by atoms with Gasteiger partial charge in [0.15, 0.2) is 5.82 Å². The molecular formula is C22H22N4O. The molecule has 0 bridgehead atoms. The summed E-state index contributed by atoms with van der Waals surface area (Å²) in [6.45, 7) is 4.84. The summed E-state index contributed by atoms with van der Waals surface area (Å²) in [5.74, 6) is 0.962. The first-order valence-electron chi connectivity index (χ1n) is 9.21. The molecule has 136 valence electrons. The molecule has 0 N–H and O–H groups in total. The largest absolute Gasteiger partial charge is 0.352 e. The van der Waals surface area contributed by atoms with Crippen LogP contribution in [0.5, 0.6) is 0 Å². The van der Waals surface area contributed by atoms with Crippen molar-refractivity contribution in [2.75, 3.05) is 31.1 Å². The molecule has 0 atom stereocenters. The minimum Gasteiger partial charge on any atom is -0.352 e. The molecule has 4 rings (SSSR count). The third-order valence-corrected chi connectivity index (χ3v) is 4.91. The van der Waals surface area contributed by atoms with Gasteiger partial charge in [-0.1, -0.05) is 42.5 Å². The van der Waals surface area contributed by atoms with Gasteiger partial charge >= 0.3 is 0 Å². The van der Waals surface area contributed by atoms with Crippen molar-refractivity contribution in [1.82, 2.24) is 15.1 Å².